The second-order valence-electron chi connectivity index (χ2n) is 6.04. The maximum atomic E-state index is 5.99. The Morgan fingerprint density at radius 3 is 2.15 bits per heavy atom. The summed E-state index contributed by atoms with van der Waals surface area (Å²) in [7, 11) is 0. The smallest absolute Gasteiger partial charge is 0.225 e. The molecule has 0 spiro atoms. The second kappa shape index (κ2) is 9.06. The second-order valence-corrected chi connectivity index (χ2v) is 6.48. The Labute approximate surface area is 164 Å². The molecule has 0 aromatic heterocycles. The fourth-order valence-corrected chi connectivity index (χ4v) is 2.38. The van der Waals surface area contributed by atoms with Crippen LogP contribution in [0.15, 0.2) is 95.7 Å². The molecule has 0 unspecified atom stereocenters. The molecular weight excluding hydrogens is 358 g/mol. The van der Waals surface area contributed by atoms with Gasteiger partial charge in [0.25, 0.3) is 0 Å². The predicted molar refractivity (Wildman–Crippen MR) is 111 cm³/mol. The Morgan fingerprint density at radius 2 is 1.48 bits per heavy atom. The van der Waals surface area contributed by atoms with E-state index in [4.69, 9.17) is 21.1 Å². The van der Waals surface area contributed by atoms with Crippen LogP contribution in [0.1, 0.15) is 12.5 Å². The molecule has 3 aromatic rings. The number of ether oxygens (including phenoxy) is 2. The predicted octanol–water partition coefficient (Wildman–Crippen LogP) is 6.74. The molecule has 0 fully saturated rings. The normalized spacial score (nSPS) is 12.0. The highest BCUT2D eigenvalue weighted by molar-refractivity contribution is 6.30. The highest BCUT2D eigenvalue weighted by Crippen LogP contribution is 2.20. The summed E-state index contributed by atoms with van der Waals surface area (Å²) >= 11 is 5.95. The van der Waals surface area contributed by atoms with Crippen molar-refractivity contribution in [3.05, 3.63) is 101 Å². The molecular formula is C23H20ClNO2. The maximum Gasteiger partial charge on any atom is 0.225 e. The highest BCUT2D eigenvalue weighted by Gasteiger charge is 2.08. The zero-order valence-electron chi connectivity index (χ0n) is 15.2. The van der Waals surface area contributed by atoms with E-state index >= 15 is 0 Å². The lowest BCUT2D eigenvalue weighted by atomic mass is 10.2. The van der Waals surface area contributed by atoms with E-state index in [0.29, 0.717) is 16.7 Å². The Balaban J connectivity index is 1.85. The number of aliphatic imine (C=N–C) groups is 1. The first-order valence-electron chi connectivity index (χ1n) is 8.58. The third-order valence-corrected chi connectivity index (χ3v) is 4.00. The first-order chi connectivity index (χ1) is 13.1. The molecule has 0 aliphatic heterocycles. The number of hydrogen-bond donors (Lipinski definition) is 0. The lowest BCUT2D eigenvalue weighted by Gasteiger charge is -2.10. The van der Waals surface area contributed by atoms with E-state index in [1.807, 2.05) is 68.4 Å². The van der Waals surface area contributed by atoms with Crippen LogP contribution in [0, 0.1) is 6.92 Å². The van der Waals surface area contributed by atoms with Crippen molar-refractivity contribution >= 4 is 23.2 Å². The standard InChI is InChI=1S/C23H20ClNO2/c1-17-8-12-21(13-9-17)26-16-18(2)23(25-20-6-4-3-5-7-20)27-22-14-10-19(24)11-15-22/h3-16H,1-2H3. The van der Waals surface area contributed by atoms with Crippen molar-refractivity contribution in [2.75, 3.05) is 0 Å². The SMILES string of the molecule is CC(=COc1ccc(C)cc1)C(=Nc1ccccc1)Oc1ccc(Cl)cc1. The van der Waals surface area contributed by atoms with E-state index in [2.05, 4.69) is 4.99 Å². The molecule has 3 nitrogen and oxygen atoms in total. The zero-order valence-corrected chi connectivity index (χ0v) is 16.0. The molecule has 0 amide bonds. The average Bonchev–Trinajstić information content (AvgIpc) is 2.69. The Kier molecular flexibility index (Phi) is 6.29. The van der Waals surface area contributed by atoms with Crippen molar-refractivity contribution < 1.29 is 9.47 Å². The minimum absolute atomic E-state index is 0.454. The van der Waals surface area contributed by atoms with Crippen LogP contribution in [0.5, 0.6) is 11.5 Å². The minimum Gasteiger partial charge on any atom is -0.465 e. The van der Waals surface area contributed by atoms with Crippen molar-refractivity contribution in [1.29, 1.82) is 0 Å². The molecule has 0 radical (unpaired) electrons. The van der Waals surface area contributed by atoms with Gasteiger partial charge in [-0.1, -0.05) is 47.5 Å². The van der Waals surface area contributed by atoms with Gasteiger partial charge in [0, 0.05) is 10.6 Å². The van der Waals surface area contributed by atoms with Gasteiger partial charge in [0.15, 0.2) is 0 Å². The first kappa shape index (κ1) is 18.7. The molecule has 27 heavy (non-hydrogen) atoms. The number of para-hydroxylation sites is 1. The van der Waals surface area contributed by atoms with E-state index < -0.39 is 0 Å². The summed E-state index contributed by atoms with van der Waals surface area (Å²) < 4.78 is 11.7. The monoisotopic (exact) mass is 377 g/mol. The molecule has 0 aliphatic rings. The quantitative estimate of drug-likeness (QED) is 0.280. The maximum absolute atomic E-state index is 5.99. The van der Waals surface area contributed by atoms with Gasteiger partial charge in [-0.05, 0) is 62.4 Å². The number of benzene rings is 3. The van der Waals surface area contributed by atoms with Gasteiger partial charge in [0.05, 0.1) is 11.9 Å². The van der Waals surface area contributed by atoms with Gasteiger partial charge in [-0.25, -0.2) is 4.99 Å². The van der Waals surface area contributed by atoms with Crippen LogP contribution in [-0.4, -0.2) is 5.90 Å². The summed E-state index contributed by atoms with van der Waals surface area (Å²) in [5, 5.41) is 0.652. The van der Waals surface area contributed by atoms with Crippen molar-refractivity contribution in [3.8, 4) is 11.5 Å². The molecule has 0 N–H and O–H groups in total. The Hall–Kier alpha value is -3.04. The summed E-state index contributed by atoms with van der Waals surface area (Å²) in [6.07, 6.45) is 1.64. The summed E-state index contributed by atoms with van der Waals surface area (Å²) in [5.41, 5.74) is 2.74. The lowest BCUT2D eigenvalue weighted by Crippen LogP contribution is -2.10. The number of nitrogens with zero attached hydrogens (tertiary/aromatic N) is 1. The average molecular weight is 378 g/mol. The topological polar surface area (TPSA) is 30.8 Å². The Morgan fingerprint density at radius 1 is 0.852 bits per heavy atom. The molecule has 0 aliphatic carbocycles. The largest absolute Gasteiger partial charge is 0.465 e. The van der Waals surface area contributed by atoms with Crippen molar-refractivity contribution in [3.63, 3.8) is 0 Å². The van der Waals surface area contributed by atoms with Gasteiger partial charge in [-0.15, -0.1) is 0 Å². The molecule has 0 saturated carbocycles. The first-order valence-corrected chi connectivity index (χ1v) is 8.95. The van der Waals surface area contributed by atoms with E-state index in [9.17, 15) is 0 Å². The van der Waals surface area contributed by atoms with Gasteiger partial charge in [-0.2, -0.15) is 0 Å². The van der Waals surface area contributed by atoms with E-state index in [1.54, 1.807) is 30.5 Å². The molecule has 0 atom stereocenters. The summed E-state index contributed by atoms with van der Waals surface area (Å²) in [6.45, 7) is 3.93. The molecule has 0 heterocycles. The van der Waals surface area contributed by atoms with Gasteiger partial charge < -0.3 is 9.47 Å². The fraction of sp³-hybridized carbons (Fsp3) is 0.0870. The van der Waals surface area contributed by atoms with Crippen molar-refractivity contribution in [2.45, 2.75) is 13.8 Å². The van der Waals surface area contributed by atoms with Crippen LogP contribution < -0.4 is 9.47 Å². The summed E-state index contributed by atoms with van der Waals surface area (Å²) in [5.74, 6) is 1.86. The van der Waals surface area contributed by atoms with Crippen LogP contribution in [0.2, 0.25) is 5.02 Å². The number of rotatable bonds is 5. The molecule has 3 aromatic carbocycles. The van der Waals surface area contributed by atoms with Gasteiger partial charge >= 0.3 is 0 Å². The van der Waals surface area contributed by atoms with Crippen LogP contribution in [-0.2, 0) is 0 Å². The molecule has 4 heteroatoms. The van der Waals surface area contributed by atoms with Crippen LogP contribution in [0.25, 0.3) is 0 Å². The molecule has 3 rings (SSSR count). The highest BCUT2D eigenvalue weighted by atomic mass is 35.5. The minimum atomic E-state index is 0.454. The number of aryl methyl sites for hydroxylation is 1. The van der Waals surface area contributed by atoms with Crippen molar-refractivity contribution in [2.24, 2.45) is 4.99 Å². The third-order valence-electron chi connectivity index (χ3n) is 3.75. The van der Waals surface area contributed by atoms with E-state index in [1.165, 1.54) is 5.56 Å². The van der Waals surface area contributed by atoms with E-state index in [0.717, 1.165) is 17.0 Å². The Bertz CT molecular complexity index is 930. The van der Waals surface area contributed by atoms with Crippen LogP contribution in [0.4, 0.5) is 5.69 Å². The zero-order chi connectivity index (χ0) is 19.1. The molecule has 0 bridgehead atoms. The summed E-state index contributed by atoms with van der Waals surface area (Å²) in [6, 6.07) is 24.6. The van der Waals surface area contributed by atoms with Crippen LogP contribution in [0.3, 0.4) is 0 Å². The van der Waals surface area contributed by atoms with Crippen LogP contribution >= 0.6 is 11.6 Å². The number of halogens is 1. The van der Waals surface area contributed by atoms with E-state index in [-0.39, 0.29) is 0 Å². The number of hydrogen-bond acceptors (Lipinski definition) is 3. The van der Waals surface area contributed by atoms with Crippen molar-refractivity contribution in [1.82, 2.24) is 0 Å². The lowest BCUT2D eigenvalue weighted by molar-refractivity contribution is 0.473. The van der Waals surface area contributed by atoms with Gasteiger partial charge in [0.2, 0.25) is 5.90 Å². The third kappa shape index (κ3) is 5.73. The summed E-state index contributed by atoms with van der Waals surface area (Å²) in [4.78, 5) is 4.62. The molecule has 0 saturated heterocycles. The van der Waals surface area contributed by atoms with Gasteiger partial charge in [0.1, 0.15) is 11.5 Å². The van der Waals surface area contributed by atoms with Gasteiger partial charge in [-0.3, -0.25) is 0 Å². The molecule has 136 valence electrons. The fourth-order valence-electron chi connectivity index (χ4n) is 2.25.